The van der Waals surface area contributed by atoms with E-state index in [-0.39, 0.29) is 43.5 Å². The fraction of sp³-hybridized carbons (Fsp3) is 1.00. The molecule has 0 fully saturated rings. The van der Waals surface area contributed by atoms with Crippen molar-refractivity contribution in [2.75, 3.05) is 26.4 Å². The molecule has 0 saturated carbocycles. The summed E-state index contributed by atoms with van der Waals surface area (Å²) in [5.74, 6) is 1.21. The van der Waals surface area contributed by atoms with E-state index in [1.165, 1.54) is 0 Å². The Morgan fingerprint density at radius 3 is 0.767 bits per heavy atom. The zero-order valence-electron chi connectivity index (χ0n) is 29.0. The van der Waals surface area contributed by atoms with Gasteiger partial charge in [-0.05, 0) is 49.4 Å². The van der Waals surface area contributed by atoms with Gasteiger partial charge in [0.25, 0.3) is 15.6 Å². The van der Waals surface area contributed by atoms with Crippen LogP contribution in [0.5, 0.6) is 0 Å². The summed E-state index contributed by atoms with van der Waals surface area (Å²) in [7, 11) is -8.28. The summed E-state index contributed by atoms with van der Waals surface area (Å²) < 4.78 is 43.8. The number of hydrogen-bond acceptors (Lipinski definition) is 8. The quantitative estimate of drug-likeness (QED) is 0.0586. The minimum Gasteiger partial charge on any atom is -0.756 e. The van der Waals surface area contributed by atoms with E-state index in [0.717, 1.165) is 103 Å². The molecule has 8 nitrogen and oxygen atoms in total. The first-order valence-corrected chi connectivity index (χ1v) is 20.1. The van der Waals surface area contributed by atoms with E-state index >= 15 is 0 Å². The predicted octanol–water partition coefficient (Wildman–Crippen LogP) is 9.84. The van der Waals surface area contributed by atoms with Crippen LogP contribution >= 0.6 is 15.6 Å². The topological polar surface area (TPSA) is 117 Å². The molecule has 0 aromatic rings. The van der Waals surface area contributed by atoms with Crippen molar-refractivity contribution in [3.8, 4) is 0 Å². The molecule has 0 amide bonds. The van der Waals surface area contributed by atoms with E-state index in [1.54, 1.807) is 0 Å². The first-order chi connectivity index (χ1) is 20.0. The SMILES string of the molecule is CCCCC(CC)COP(=O)([O-])OCC(CC)CCCC.CCCCC(CC)COP(=O)([O-])OCC(CC)CCCC.[Fe+2]. The molecule has 0 aromatic heterocycles. The van der Waals surface area contributed by atoms with Gasteiger partial charge >= 0.3 is 17.1 Å². The zero-order chi connectivity index (χ0) is 32.3. The predicted molar refractivity (Wildman–Crippen MR) is 172 cm³/mol. The van der Waals surface area contributed by atoms with Crippen molar-refractivity contribution >= 4 is 15.6 Å². The molecule has 0 N–H and O–H groups in total. The smallest absolute Gasteiger partial charge is 0.756 e. The minimum atomic E-state index is -4.14. The molecular weight excluding hydrogens is 630 g/mol. The van der Waals surface area contributed by atoms with Crippen molar-refractivity contribution in [3.05, 3.63) is 0 Å². The largest absolute Gasteiger partial charge is 2.00 e. The summed E-state index contributed by atoms with van der Waals surface area (Å²) in [5.41, 5.74) is 0. The molecule has 0 heterocycles. The van der Waals surface area contributed by atoms with Gasteiger partial charge in [-0.15, -0.1) is 0 Å². The fourth-order valence-corrected chi connectivity index (χ4v) is 6.18. The van der Waals surface area contributed by atoms with E-state index < -0.39 is 15.6 Å². The van der Waals surface area contributed by atoms with Gasteiger partial charge in [0.05, 0.1) is 26.4 Å². The Kier molecular flexibility index (Phi) is 35.1. The van der Waals surface area contributed by atoms with Crippen LogP contribution < -0.4 is 9.79 Å². The zero-order valence-corrected chi connectivity index (χ0v) is 31.9. The first kappa shape index (κ1) is 48.1. The summed E-state index contributed by atoms with van der Waals surface area (Å²) in [4.78, 5) is 23.6. The molecule has 4 unspecified atom stereocenters. The van der Waals surface area contributed by atoms with Crippen LogP contribution in [0.2, 0.25) is 0 Å². The molecule has 0 radical (unpaired) electrons. The third kappa shape index (κ3) is 29.9. The first-order valence-electron chi connectivity index (χ1n) is 17.2. The molecule has 0 saturated heterocycles. The monoisotopic (exact) mass is 698 g/mol. The maximum absolute atomic E-state index is 11.8. The fourth-order valence-electron chi connectivity index (χ4n) is 4.45. The Balaban J connectivity index is -0.000000727. The van der Waals surface area contributed by atoms with E-state index in [1.807, 2.05) is 0 Å². The Hall–Kier alpha value is 0.739. The van der Waals surface area contributed by atoms with Crippen LogP contribution in [0.3, 0.4) is 0 Å². The third-order valence-corrected chi connectivity index (χ3v) is 9.91. The second kappa shape index (κ2) is 31.3. The van der Waals surface area contributed by atoms with Crippen LogP contribution in [0.1, 0.15) is 158 Å². The van der Waals surface area contributed by atoms with Gasteiger partial charge in [-0.3, -0.25) is 9.13 Å². The van der Waals surface area contributed by atoms with Gasteiger partial charge in [-0.1, -0.05) is 132 Å². The molecule has 0 aromatic carbocycles. The van der Waals surface area contributed by atoms with Crippen molar-refractivity contribution < 1.29 is 54.1 Å². The van der Waals surface area contributed by atoms with Crippen molar-refractivity contribution in [1.82, 2.24) is 0 Å². The van der Waals surface area contributed by atoms with Crippen LogP contribution in [0.25, 0.3) is 0 Å². The minimum absolute atomic E-state index is 0. The summed E-state index contributed by atoms with van der Waals surface area (Å²) in [5, 5.41) is 0. The van der Waals surface area contributed by atoms with Gasteiger partial charge in [0, 0.05) is 0 Å². The number of phosphoric acid groups is 2. The standard InChI is InChI=1S/2C16H35O4P.Fe/c2*1-5-9-11-15(7-3)13-19-21(17,18)20-14-16(8-4)12-10-6-2;/h2*15-16H,5-14H2,1-4H3,(H,17,18);/q;;+2/p-2. The molecule has 0 aliphatic rings. The number of hydrogen-bond donors (Lipinski definition) is 0. The molecule has 0 rings (SSSR count). The van der Waals surface area contributed by atoms with Crippen LogP contribution in [0, 0.1) is 23.7 Å². The molecule has 11 heteroatoms. The van der Waals surface area contributed by atoms with Gasteiger partial charge in [0.15, 0.2) is 0 Å². The van der Waals surface area contributed by atoms with Crippen LogP contribution in [-0.4, -0.2) is 26.4 Å². The summed E-state index contributed by atoms with van der Waals surface area (Å²) in [6, 6.07) is 0. The van der Waals surface area contributed by atoms with Crippen molar-refractivity contribution in [2.45, 2.75) is 158 Å². The van der Waals surface area contributed by atoms with Gasteiger partial charge in [-0.2, -0.15) is 0 Å². The summed E-state index contributed by atoms with van der Waals surface area (Å²) >= 11 is 0. The van der Waals surface area contributed by atoms with Crippen molar-refractivity contribution in [2.24, 2.45) is 23.7 Å². The van der Waals surface area contributed by atoms with Crippen molar-refractivity contribution in [1.29, 1.82) is 0 Å². The molecule has 43 heavy (non-hydrogen) atoms. The molecule has 4 atom stereocenters. The van der Waals surface area contributed by atoms with Gasteiger partial charge in [0.2, 0.25) is 0 Å². The van der Waals surface area contributed by atoms with Crippen LogP contribution in [-0.2, 0) is 44.3 Å². The summed E-state index contributed by atoms with van der Waals surface area (Å²) in [6.07, 6.45) is 16.8. The summed E-state index contributed by atoms with van der Waals surface area (Å²) in [6.45, 7) is 17.8. The van der Waals surface area contributed by atoms with E-state index in [4.69, 9.17) is 18.1 Å². The van der Waals surface area contributed by atoms with Gasteiger partial charge < -0.3 is 27.9 Å². The van der Waals surface area contributed by atoms with Crippen LogP contribution in [0.4, 0.5) is 0 Å². The van der Waals surface area contributed by atoms with E-state index in [2.05, 4.69) is 55.4 Å². The molecule has 0 aliphatic heterocycles. The average molecular weight is 699 g/mol. The number of unbranched alkanes of at least 4 members (excludes halogenated alkanes) is 4. The molecule has 0 bridgehead atoms. The van der Waals surface area contributed by atoms with E-state index in [0.29, 0.717) is 23.7 Å². The molecule has 0 aliphatic carbocycles. The van der Waals surface area contributed by atoms with Gasteiger partial charge in [-0.25, -0.2) is 0 Å². The Labute approximate surface area is 277 Å². The molecular formula is C32H68FeO8P2. The normalized spacial score (nSPS) is 17.0. The second-order valence-corrected chi connectivity index (χ2v) is 14.6. The molecule has 262 valence electrons. The Morgan fingerprint density at radius 2 is 0.628 bits per heavy atom. The van der Waals surface area contributed by atoms with E-state index in [9.17, 15) is 18.9 Å². The Bertz CT molecular complexity index is 582. The third-order valence-electron chi connectivity index (χ3n) is 8.05. The van der Waals surface area contributed by atoms with Gasteiger partial charge in [0.1, 0.15) is 0 Å². The van der Waals surface area contributed by atoms with Crippen LogP contribution in [0.15, 0.2) is 0 Å². The van der Waals surface area contributed by atoms with Crippen molar-refractivity contribution in [3.63, 3.8) is 0 Å². The maximum Gasteiger partial charge on any atom is 2.00 e. The second-order valence-electron chi connectivity index (χ2n) is 11.7. The molecule has 0 spiro atoms. The Morgan fingerprint density at radius 1 is 0.442 bits per heavy atom. The number of rotatable bonds is 28. The maximum atomic E-state index is 11.8. The number of phosphoric ester groups is 2. The average Bonchev–Trinajstić information content (AvgIpc) is 2.98.